The van der Waals surface area contributed by atoms with Crippen LogP contribution in [0.5, 0.6) is 5.75 Å². The standard InChI is InChI=1S/C14H19NO5/c1-4-20-12-7-5-6-10(13(12)15(18)19)11(14(16)17)8-9(2)3/h5-7,9,11H,4,8H2,1-3H3,(H,16,17). The van der Waals surface area contributed by atoms with E-state index >= 15 is 0 Å². The van der Waals surface area contributed by atoms with Crippen molar-refractivity contribution in [2.45, 2.75) is 33.1 Å². The maximum atomic E-state index is 11.4. The fourth-order valence-corrected chi connectivity index (χ4v) is 2.12. The first-order valence-corrected chi connectivity index (χ1v) is 6.51. The number of nitro benzene ring substituents is 1. The normalized spacial score (nSPS) is 12.2. The Hall–Kier alpha value is -2.11. The second-order valence-electron chi connectivity index (χ2n) is 4.90. The third-order valence-corrected chi connectivity index (χ3v) is 2.89. The van der Waals surface area contributed by atoms with Crippen LogP contribution in [0.25, 0.3) is 0 Å². The fourth-order valence-electron chi connectivity index (χ4n) is 2.12. The van der Waals surface area contributed by atoms with E-state index in [0.29, 0.717) is 6.42 Å². The van der Waals surface area contributed by atoms with Gasteiger partial charge in [0.15, 0.2) is 5.75 Å². The van der Waals surface area contributed by atoms with Gasteiger partial charge in [0.1, 0.15) is 0 Å². The molecule has 1 N–H and O–H groups in total. The van der Waals surface area contributed by atoms with E-state index in [4.69, 9.17) is 4.74 Å². The smallest absolute Gasteiger partial charge is 0.314 e. The minimum Gasteiger partial charge on any atom is -0.487 e. The van der Waals surface area contributed by atoms with Gasteiger partial charge in [0, 0.05) is 5.56 Å². The molecule has 0 fully saturated rings. The zero-order valence-corrected chi connectivity index (χ0v) is 11.8. The third kappa shape index (κ3) is 3.69. The number of carboxylic acid groups (broad SMARTS) is 1. The zero-order valence-electron chi connectivity index (χ0n) is 11.8. The van der Waals surface area contributed by atoms with Crippen molar-refractivity contribution in [3.8, 4) is 5.75 Å². The van der Waals surface area contributed by atoms with Crippen molar-refractivity contribution in [3.63, 3.8) is 0 Å². The van der Waals surface area contributed by atoms with Gasteiger partial charge >= 0.3 is 11.7 Å². The summed E-state index contributed by atoms with van der Waals surface area (Å²) in [6.45, 7) is 5.77. The summed E-state index contributed by atoms with van der Waals surface area (Å²) < 4.78 is 5.24. The number of nitrogens with zero attached hydrogens (tertiary/aromatic N) is 1. The Labute approximate surface area is 117 Å². The highest BCUT2D eigenvalue weighted by Crippen LogP contribution is 2.37. The predicted molar refractivity (Wildman–Crippen MR) is 74.1 cm³/mol. The van der Waals surface area contributed by atoms with Crippen molar-refractivity contribution in [1.82, 2.24) is 0 Å². The van der Waals surface area contributed by atoms with Gasteiger partial charge in [0.2, 0.25) is 0 Å². The van der Waals surface area contributed by atoms with Gasteiger partial charge in [-0.1, -0.05) is 26.0 Å². The van der Waals surface area contributed by atoms with Gasteiger partial charge in [-0.05, 0) is 25.3 Å². The zero-order chi connectivity index (χ0) is 15.3. The highest BCUT2D eigenvalue weighted by Gasteiger charge is 2.31. The molecule has 0 heterocycles. The molecule has 110 valence electrons. The quantitative estimate of drug-likeness (QED) is 0.612. The molecule has 0 aliphatic rings. The Morgan fingerprint density at radius 2 is 2.10 bits per heavy atom. The van der Waals surface area contributed by atoms with Crippen LogP contribution in [0.2, 0.25) is 0 Å². The molecule has 0 saturated heterocycles. The molecule has 1 aromatic carbocycles. The van der Waals surface area contributed by atoms with Gasteiger partial charge in [-0.15, -0.1) is 0 Å². The molecule has 1 rings (SSSR count). The molecule has 1 aromatic rings. The molecule has 0 radical (unpaired) electrons. The number of hydrogen-bond acceptors (Lipinski definition) is 4. The summed E-state index contributed by atoms with van der Waals surface area (Å²) in [5.41, 5.74) is -0.0513. The van der Waals surface area contributed by atoms with Crippen LogP contribution in [0.3, 0.4) is 0 Å². The number of nitro groups is 1. The average molecular weight is 281 g/mol. The van der Waals surface area contributed by atoms with Crippen LogP contribution in [-0.4, -0.2) is 22.6 Å². The summed E-state index contributed by atoms with van der Waals surface area (Å²) in [4.78, 5) is 22.1. The molecule has 1 unspecified atom stereocenters. The molecule has 1 atom stereocenters. The van der Waals surface area contributed by atoms with Crippen molar-refractivity contribution >= 4 is 11.7 Å². The summed E-state index contributed by atoms with van der Waals surface area (Å²) in [5, 5.41) is 20.6. The van der Waals surface area contributed by atoms with Crippen molar-refractivity contribution < 1.29 is 19.6 Å². The first-order chi connectivity index (χ1) is 9.38. The van der Waals surface area contributed by atoms with Gasteiger partial charge in [-0.25, -0.2) is 0 Å². The van der Waals surface area contributed by atoms with Crippen LogP contribution >= 0.6 is 0 Å². The Morgan fingerprint density at radius 1 is 1.45 bits per heavy atom. The highest BCUT2D eigenvalue weighted by atomic mass is 16.6. The molecular weight excluding hydrogens is 262 g/mol. The molecule has 6 nitrogen and oxygen atoms in total. The molecule has 0 bridgehead atoms. The van der Waals surface area contributed by atoms with Gasteiger partial charge in [0.05, 0.1) is 17.4 Å². The van der Waals surface area contributed by atoms with Crippen LogP contribution in [0, 0.1) is 16.0 Å². The SMILES string of the molecule is CCOc1cccc(C(CC(C)C)C(=O)O)c1[N+](=O)[O-]. The second-order valence-corrected chi connectivity index (χ2v) is 4.90. The highest BCUT2D eigenvalue weighted by molar-refractivity contribution is 5.78. The van der Waals surface area contributed by atoms with E-state index in [2.05, 4.69) is 0 Å². The number of carboxylic acids is 1. The lowest BCUT2D eigenvalue weighted by molar-refractivity contribution is -0.386. The molecule has 6 heteroatoms. The van der Waals surface area contributed by atoms with E-state index in [1.807, 2.05) is 13.8 Å². The van der Waals surface area contributed by atoms with Gasteiger partial charge in [0.25, 0.3) is 0 Å². The maximum absolute atomic E-state index is 11.4. The minimum atomic E-state index is -1.06. The van der Waals surface area contributed by atoms with Gasteiger partial charge in [-0.3, -0.25) is 14.9 Å². The van der Waals surface area contributed by atoms with Gasteiger partial charge < -0.3 is 9.84 Å². The van der Waals surface area contributed by atoms with Crippen LogP contribution in [-0.2, 0) is 4.79 Å². The van der Waals surface area contributed by atoms with E-state index in [-0.39, 0.29) is 29.5 Å². The van der Waals surface area contributed by atoms with Crippen LogP contribution in [0.1, 0.15) is 38.7 Å². The Kier molecular flexibility index (Phi) is 5.49. The first-order valence-electron chi connectivity index (χ1n) is 6.51. The molecule has 0 spiro atoms. The van der Waals surface area contributed by atoms with Crippen molar-refractivity contribution in [3.05, 3.63) is 33.9 Å². The number of para-hydroxylation sites is 1. The summed E-state index contributed by atoms with van der Waals surface area (Å²) in [6, 6.07) is 4.56. The molecule has 0 amide bonds. The molecular formula is C14H19NO5. The number of rotatable bonds is 7. The molecule has 0 aliphatic heterocycles. The van der Waals surface area contributed by atoms with Crippen molar-refractivity contribution in [2.24, 2.45) is 5.92 Å². The topological polar surface area (TPSA) is 89.7 Å². The van der Waals surface area contributed by atoms with Crippen molar-refractivity contribution in [2.75, 3.05) is 6.61 Å². The summed E-state index contributed by atoms with van der Waals surface area (Å²) in [6.07, 6.45) is 0.339. The fraction of sp³-hybridized carbons (Fsp3) is 0.500. The summed E-state index contributed by atoms with van der Waals surface area (Å²) >= 11 is 0. The van der Waals surface area contributed by atoms with E-state index < -0.39 is 16.8 Å². The minimum absolute atomic E-state index is 0.116. The number of carbonyl (C=O) groups is 1. The molecule has 0 saturated carbocycles. The van der Waals surface area contributed by atoms with Crippen LogP contribution < -0.4 is 4.74 Å². The summed E-state index contributed by atoms with van der Waals surface area (Å²) in [7, 11) is 0. The van der Waals surface area contributed by atoms with Crippen molar-refractivity contribution in [1.29, 1.82) is 0 Å². The van der Waals surface area contributed by atoms with E-state index in [9.17, 15) is 20.0 Å². The Morgan fingerprint density at radius 3 is 2.55 bits per heavy atom. The third-order valence-electron chi connectivity index (χ3n) is 2.89. The van der Waals surface area contributed by atoms with E-state index in [1.165, 1.54) is 12.1 Å². The first kappa shape index (κ1) is 15.9. The second kappa shape index (κ2) is 6.88. The number of benzene rings is 1. The predicted octanol–water partition coefficient (Wildman–Crippen LogP) is 3.21. The largest absolute Gasteiger partial charge is 0.487 e. The number of hydrogen-bond donors (Lipinski definition) is 1. The lowest BCUT2D eigenvalue weighted by Gasteiger charge is -2.16. The van der Waals surface area contributed by atoms with Crippen LogP contribution in [0.4, 0.5) is 5.69 Å². The summed E-state index contributed by atoms with van der Waals surface area (Å²) in [5.74, 6) is -1.73. The molecule has 20 heavy (non-hydrogen) atoms. The Bertz CT molecular complexity index is 498. The number of aliphatic carboxylic acids is 1. The molecule has 0 aliphatic carbocycles. The lowest BCUT2D eigenvalue weighted by Crippen LogP contribution is -2.16. The van der Waals surface area contributed by atoms with Gasteiger partial charge in [-0.2, -0.15) is 0 Å². The monoisotopic (exact) mass is 281 g/mol. The number of ether oxygens (including phenoxy) is 1. The lowest BCUT2D eigenvalue weighted by atomic mass is 9.89. The van der Waals surface area contributed by atoms with Crippen LogP contribution in [0.15, 0.2) is 18.2 Å². The Balaban J connectivity index is 3.36. The van der Waals surface area contributed by atoms with E-state index in [0.717, 1.165) is 0 Å². The van der Waals surface area contributed by atoms with E-state index in [1.54, 1.807) is 13.0 Å². The molecule has 0 aromatic heterocycles. The average Bonchev–Trinajstić information content (AvgIpc) is 2.35. The maximum Gasteiger partial charge on any atom is 0.314 e.